The Bertz CT molecular complexity index is 827. The normalized spacial score (nSPS) is 10.7. The first-order valence-electron chi connectivity index (χ1n) is 7.04. The number of nitrogens with one attached hydrogen (secondary N) is 2. The number of thiocarbonyl (C=S) groups is 1. The lowest BCUT2D eigenvalue weighted by Crippen LogP contribution is -2.33. The Morgan fingerprint density at radius 1 is 1.43 bits per heavy atom. The van der Waals surface area contributed by atoms with E-state index in [-0.39, 0.29) is 5.91 Å². The van der Waals surface area contributed by atoms with E-state index in [1.165, 1.54) is 11.3 Å². The molecule has 0 atom stereocenters. The largest absolute Gasteiger partial charge is 0.332 e. The minimum Gasteiger partial charge on any atom is -0.332 e. The lowest BCUT2D eigenvalue weighted by atomic mass is 10.2. The molecule has 0 unspecified atom stereocenters. The Balaban J connectivity index is 1.73. The van der Waals surface area contributed by atoms with Gasteiger partial charge in [0.05, 0.1) is 0 Å². The number of hydrogen-bond donors (Lipinski definition) is 2. The second kappa shape index (κ2) is 6.80. The minimum absolute atomic E-state index is 0.0881. The highest BCUT2D eigenvalue weighted by atomic mass is 32.1. The van der Waals surface area contributed by atoms with Gasteiger partial charge in [0.2, 0.25) is 10.9 Å². The number of amides is 1. The number of carbonyl (C=O) groups is 1. The maximum absolute atomic E-state index is 11.5. The van der Waals surface area contributed by atoms with Gasteiger partial charge in [-0.2, -0.15) is 9.61 Å². The van der Waals surface area contributed by atoms with Gasteiger partial charge in [0.25, 0.3) is 0 Å². The van der Waals surface area contributed by atoms with Crippen LogP contribution in [-0.4, -0.2) is 30.8 Å². The van der Waals surface area contributed by atoms with Crippen LogP contribution in [0, 0.1) is 0 Å². The summed E-state index contributed by atoms with van der Waals surface area (Å²) >= 11 is 6.60. The topological polar surface area (TPSA) is 84.2 Å². The van der Waals surface area contributed by atoms with Crippen molar-refractivity contribution in [3.63, 3.8) is 0 Å². The maximum atomic E-state index is 11.5. The standard InChI is InChI=1S/C14H14N6OS2/c1-2-4-11(21)17-13(22)16-10-6-3-5-9(7-10)12-19-20-8-15-18-14(20)23-12/h3,5-8H,2,4H2,1H3,(H2,16,17,21,22). The van der Waals surface area contributed by atoms with Crippen LogP contribution in [0.1, 0.15) is 19.8 Å². The van der Waals surface area contributed by atoms with E-state index in [1.807, 2.05) is 31.2 Å². The summed E-state index contributed by atoms with van der Waals surface area (Å²) in [7, 11) is 0. The summed E-state index contributed by atoms with van der Waals surface area (Å²) in [6.45, 7) is 1.94. The van der Waals surface area contributed by atoms with E-state index in [2.05, 4.69) is 25.9 Å². The van der Waals surface area contributed by atoms with Crippen molar-refractivity contribution in [3.8, 4) is 10.6 Å². The van der Waals surface area contributed by atoms with Crippen molar-refractivity contribution in [2.24, 2.45) is 0 Å². The molecule has 3 aromatic rings. The Hall–Kier alpha value is -2.39. The van der Waals surface area contributed by atoms with E-state index in [9.17, 15) is 4.79 Å². The highest BCUT2D eigenvalue weighted by molar-refractivity contribution is 7.80. The first-order chi connectivity index (χ1) is 11.2. The fourth-order valence-corrected chi connectivity index (χ4v) is 3.03. The van der Waals surface area contributed by atoms with Crippen molar-refractivity contribution < 1.29 is 4.79 Å². The molecule has 7 nitrogen and oxygen atoms in total. The summed E-state index contributed by atoms with van der Waals surface area (Å²) in [5.41, 5.74) is 1.73. The predicted molar refractivity (Wildman–Crippen MR) is 93.4 cm³/mol. The van der Waals surface area contributed by atoms with E-state index >= 15 is 0 Å². The van der Waals surface area contributed by atoms with Gasteiger partial charge in [-0.05, 0) is 30.8 Å². The van der Waals surface area contributed by atoms with E-state index in [4.69, 9.17) is 12.2 Å². The van der Waals surface area contributed by atoms with Crippen LogP contribution in [0.2, 0.25) is 0 Å². The number of carbonyl (C=O) groups excluding carboxylic acids is 1. The molecule has 0 radical (unpaired) electrons. The zero-order chi connectivity index (χ0) is 16.2. The van der Waals surface area contributed by atoms with Gasteiger partial charge in [0.15, 0.2) is 5.11 Å². The second-order valence-electron chi connectivity index (χ2n) is 4.80. The number of aromatic nitrogens is 4. The highest BCUT2D eigenvalue weighted by Crippen LogP contribution is 2.26. The van der Waals surface area contributed by atoms with Crippen molar-refractivity contribution in [3.05, 3.63) is 30.6 Å². The Kier molecular flexibility index (Phi) is 4.58. The molecule has 0 aliphatic carbocycles. The molecule has 2 heterocycles. The zero-order valence-electron chi connectivity index (χ0n) is 12.3. The molecular formula is C14H14N6OS2. The van der Waals surface area contributed by atoms with E-state index in [1.54, 1.807) is 10.8 Å². The number of hydrogen-bond acceptors (Lipinski definition) is 6. The molecule has 2 aromatic heterocycles. The Labute approximate surface area is 141 Å². The summed E-state index contributed by atoms with van der Waals surface area (Å²) in [5.74, 6) is -0.0881. The molecule has 0 saturated carbocycles. The van der Waals surface area contributed by atoms with Crippen LogP contribution in [0.15, 0.2) is 30.6 Å². The van der Waals surface area contributed by atoms with E-state index < -0.39 is 0 Å². The fraction of sp³-hybridized carbons (Fsp3) is 0.214. The molecule has 118 valence electrons. The van der Waals surface area contributed by atoms with Gasteiger partial charge in [0.1, 0.15) is 11.3 Å². The van der Waals surface area contributed by atoms with Gasteiger partial charge in [-0.25, -0.2) is 0 Å². The number of nitrogens with zero attached hydrogens (tertiary/aromatic N) is 4. The number of rotatable bonds is 4. The number of anilines is 1. The average molecular weight is 346 g/mol. The van der Waals surface area contributed by atoms with Crippen LogP contribution in [-0.2, 0) is 4.79 Å². The second-order valence-corrected chi connectivity index (χ2v) is 6.16. The molecule has 1 aromatic carbocycles. The van der Waals surface area contributed by atoms with Crippen LogP contribution in [0.5, 0.6) is 0 Å². The molecule has 0 fully saturated rings. The van der Waals surface area contributed by atoms with Gasteiger partial charge in [-0.15, -0.1) is 10.2 Å². The molecule has 1 amide bonds. The van der Waals surface area contributed by atoms with Crippen molar-refractivity contribution in [2.45, 2.75) is 19.8 Å². The molecule has 23 heavy (non-hydrogen) atoms. The molecule has 9 heteroatoms. The molecule has 0 spiro atoms. The first kappa shape index (κ1) is 15.5. The maximum Gasteiger partial charge on any atom is 0.234 e. The van der Waals surface area contributed by atoms with E-state index in [0.29, 0.717) is 11.5 Å². The van der Waals surface area contributed by atoms with Gasteiger partial charge in [0, 0.05) is 17.7 Å². The molecule has 0 aliphatic heterocycles. The van der Waals surface area contributed by atoms with Crippen LogP contribution < -0.4 is 10.6 Å². The van der Waals surface area contributed by atoms with Crippen molar-refractivity contribution in [1.29, 1.82) is 0 Å². The van der Waals surface area contributed by atoms with Gasteiger partial charge < -0.3 is 10.6 Å². The lowest BCUT2D eigenvalue weighted by molar-refractivity contribution is -0.119. The predicted octanol–water partition coefficient (Wildman–Crippen LogP) is 2.47. The summed E-state index contributed by atoms with van der Waals surface area (Å²) in [4.78, 5) is 12.3. The summed E-state index contributed by atoms with van der Waals surface area (Å²) in [5, 5.41) is 19.0. The van der Waals surface area contributed by atoms with Crippen molar-refractivity contribution >= 4 is 45.2 Å². The molecule has 0 bridgehead atoms. The quantitative estimate of drug-likeness (QED) is 0.706. The van der Waals surface area contributed by atoms with Crippen LogP contribution in [0.3, 0.4) is 0 Å². The summed E-state index contributed by atoms with van der Waals surface area (Å²) in [6.07, 6.45) is 2.80. The van der Waals surface area contributed by atoms with Gasteiger partial charge >= 0.3 is 0 Å². The van der Waals surface area contributed by atoms with Gasteiger partial charge in [-0.1, -0.05) is 30.4 Å². The van der Waals surface area contributed by atoms with Crippen molar-refractivity contribution in [1.82, 2.24) is 25.1 Å². The van der Waals surface area contributed by atoms with Gasteiger partial charge in [-0.3, -0.25) is 4.79 Å². The highest BCUT2D eigenvalue weighted by Gasteiger charge is 2.09. The summed E-state index contributed by atoms with van der Waals surface area (Å²) in [6, 6.07) is 7.65. The van der Waals surface area contributed by atoms with E-state index in [0.717, 1.165) is 27.6 Å². The molecule has 2 N–H and O–H groups in total. The SMILES string of the molecule is CCCC(=O)NC(=S)Nc1cccc(-c2nn3cnnc3s2)c1. The third-order valence-electron chi connectivity index (χ3n) is 2.98. The van der Waals surface area contributed by atoms with Crippen LogP contribution >= 0.6 is 23.6 Å². The number of fused-ring (bicyclic) bond motifs is 1. The first-order valence-corrected chi connectivity index (χ1v) is 8.26. The van der Waals surface area contributed by atoms with Crippen molar-refractivity contribution in [2.75, 3.05) is 5.32 Å². The number of benzene rings is 1. The third kappa shape index (κ3) is 3.69. The average Bonchev–Trinajstić information content (AvgIpc) is 3.08. The minimum atomic E-state index is -0.0881. The third-order valence-corrected chi connectivity index (χ3v) is 4.15. The molecule has 0 saturated heterocycles. The van der Waals surface area contributed by atoms with Crippen LogP contribution in [0.4, 0.5) is 5.69 Å². The monoisotopic (exact) mass is 346 g/mol. The smallest absolute Gasteiger partial charge is 0.234 e. The molecule has 3 rings (SSSR count). The fourth-order valence-electron chi connectivity index (χ4n) is 1.99. The Morgan fingerprint density at radius 2 is 2.30 bits per heavy atom. The molecule has 0 aliphatic rings. The zero-order valence-corrected chi connectivity index (χ0v) is 13.9. The Morgan fingerprint density at radius 3 is 3.09 bits per heavy atom. The molecular weight excluding hydrogens is 332 g/mol. The summed E-state index contributed by atoms with van der Waals surface area (Å²) < 4.78 is 1.63. The van der Waals surface area contributed by atoms with Crippen LogP contribution in [0.25, 0.3) is 15.5 Å². The lowest BCUT2D eigenvalue weighted by Gasteiger charge is -2.09.